The first-order chi connectivity index (χ1) is 8.91. The van der Waals surface area contributed by atoms with Crippen LogP contribution in [0.5, 0.6) is 0 Å². The lowest BCUT2D eigenvalue weighted by atomic mass is 9.79. The molecule has 2 heterocycles. The van der Waals surface area contributed by atoms with Gasteiger partial charge in [-0.25, -0.2) is 0 Å². The molecule has 2 N–H and O–H groups in total. The van der Waals surface area contributed by atoms with Gasteiger partial charge in [0.15, 0.2) is 0 Å². The largest absolute Gasteiger partial charge is 0.359 e. The highest BCUT2D eigenvalue weighted by Gasteiger charge is 2.46. The molecule has 2 fully saturated rings. The molecule has 2 amide bonds. The molecule has 0 radical (unpaired) electrons. The molecule has 0 aliphatic carbocycles. The molecule has 5 nitrogen and oxygen atoms in total. The van der Waals surface area contributed by atoms with E-state index in [2.05, 4.69) is 17.6 Å². The van der Waals surface area contributed by atoms with Crippen LogP contribution in [0.3, 0.4) is 0 Å². The smallest absolute Gasteiger partial charge is 0.228 e. The van der Waals surface area contributed by atoms with Gasteiger partial charge in [-0.1, -0.05) is 6.92 Å². The standard InChI is InChI=1S/C14H25N3O2/c1-13(4-7-16-8-5-13)12(19)17-9-6-14(2,10-17)11(18)15-3/h16H,4-10H2,1-3H3,(H,15,18). The number of nitrogens with one attached hydrogen (secondary N) is 2. The minimum absolute atomic E-state index is 0.0401. The Morgan fingerprint density at radius 2 is 1.74 bits per heavy atom. The van der Waals surface area contributed by atoms with Crippen molar-refractivity contribution in [3.8, 4) is 0 Å². The first-order valence-corrected chi connectivity index (χ1v) is 7.14. The lowest BCUT2D eigenvalue weighted by Crippen LogP contribution is -2.48. The summed E-state index contributed by atoms with van der Waals surface area (Å²) in [7, 11) is 1.66. The second kappa shape index (κ2) is 5.12. The monoisotopic (exact) mass is 267 g/mol. The molecule has 0 saturated carbocycles. The van der Waals surface area contributed by atoms with Crippen molar-refractivity contribution in [3.05, 3.63) is 0 Å². The van der Waals surface area contributed by atoms with Gasteiger partial charge in [-0.2, -0.15) is 0 Å². The average molecular weight is 267 g/mol. The van der Waals surface area contributed by atoms with Gasteiger partial charge in [-0.15, -0.1) is 0 Å². The summed E-state index contributed by atoms with van der Waals surface area (Å²) in [5.74, 6) is 0.264. The number of piperidine rings is 1. The fourth-order valence-electron chi connectivity index (χ4n) is 3.20. The van der Waals surface area contributed by atoms with E-state index >= 15 is 0 Å². The van der Waals surface area contributed by atoms with E-state index in [4.69, 9.17) is 0 Å². The summed E-state index contributed by atoms with van der Waals surface area (Å²) in [6.45, 7) is 7.07. The van der Waals surface area contributed by atoms with Crippen molar-refractivity contribution in [1.82, 2.24) is 15.5 Å². The Balaban J connectivity index is 2.04. The summed E-state index contributed by atoms with van der Waals surface area (Å²) < 4.78 is 0. The van der Waals surface area contributed by atoms with Crippen LogP contribution in [0.1, 0.15) is 33.1 Å². The van der Waals surface area contributed by atoms with Crippen molar-refractivity contribution in [3.63, 3.8) is 0 Å². The van der Waals surface area contributed by atoms with Crippen molar-refractivity contribution in [2.75, 3.05) is 33.2 Å². The summed E-state index contributed by atoms with van der Waals surface area (Å²) in [5, 5.41) is 6.00. The Bertz CT molecular complexity index is 377. The van der Waals surface area contributed by atoms with Gasteiger partial charge in [-0.3, -0.25) is 9.59 Å². The number of nitrogens with zero attached hydrogens (tertiary/aromatic N) is 1. The Morgan fingerprint density at radius 3 is 2.32 bits per heavy atom. The lowest BCUT2D eigenvalue weighted by molar-refractivity contribution is -0.142. The van der Waals surface area contributed by atoms with Crippen LogP contribution < -0.4 is 10.6 Å². The molecule has 1 unspecified atom stereocenters. The van der Waals surface area contributed by atoms with Crippen molar-refractivity contribution in [2.45, 2.75) is 33.1 Å². The third-order valence-electron chi connectivity index (χ3n) is 4.76. The lowest BCUT2D eigenvalue weighted by Gasteiger charge is -2.36. The highest BCUT2D eigenvalue weighted by Crippen LogP contribution is 2.36. The molecule has 19 heavy (non-hydrogen) atoms. The molecule has 0 aromatic rings. The number of rotatable bonds is 2. The molecule has 5 heteroatoms. The quantitative estimate of drug-likeness (QED) is 0.759. The molecule has 108 valence electrons. The number of amides is 2. The summed E-state index contributed by atoms with van der Waals surface area (Å²) in [4.78, 5) is 26.5. The summed E-state index contributed by atoms with van der Waals surface area (Å²) >= 11 is 0. The van der Waals surface area contributed by atoms with E-state index in [-0.39, 0.29) is 17.2 Å². The normalized spacial score (nSPS) is 30.2. The number of hydrogen-bond donors (Lipinski definition) is 2. The zero-order chi connectivity index (χ0) is 14.1. The molecule has 0 aromatic heterocycles. The zero-order valence-electron chi connectivity index (χ0n) is 12.2. The van der Waals surface area contributed by atoms with Gasteiger partial charge in [0.2, 0.25) is 11.8 Å². The average Bonchev–Trinajstić information content (AvgIpc) is 2.81. The van der Waals surface area contributed by atoms with E-state index in [1.807, 2.05) is 11.8 Å². The Hall–Kier alpha value is -1.10. The SMILES string of the molecule is CNC(=O)C1(C)CCN(C(=O)C2(C)CCNCC2)C1. The maximum absolute atomic E-state index is 12.7. The summed E-state index contributed by atoms with van der Waals surface area (Å²) in [5.41, 5.74) is -0.674. The number of carbonyl (C=O) groups excluding carboxylic acids is 2. The van der Waals surface area contributed by atoms with Crippen LogP contribution in [0.25, 0.3) is 0 Å². The van der Waals surface area contributed by atoms with Crippen LogP contribution >= 0.6 is 0 Å². The van der Waals surface area contributed by atoms with E-state index in [1.54, 1.807) is 7.05 Å². The molecule has 1 atom stereocenters. The first-order valence-electron chi connectivity index (χ1n) is 7.14. The van der Waals surface area contributed by atoms with Crippen molar-refractivity contribution in [2.24, 2.45) is 10.8 Å². The fraction of sp³-hybridized carbons (Fsp3) is 0.857. The minimum atomic E-state index is -0.423. The highest BCUT2D eigenvalue weighted by atomic mass is 16.2. The van der Waals surface area contributed by atoms with E-state index in [9.17, 15) is 9.59 Å². The zero-order valence-corrected chi connectivity index (χ0v) is 12.2. The fourth-order valence-corrected chi connectivity index (χ4v) is 3.20. The minimum Gasteiger partial charge on any atom is -0.359 e. The number of hydrogen-bond acceptors (Lipinski definition) is 3. The molecule has 2 saturated heterocycles. The summed E-state index contributed by atoms with van der Waals surface area (Å²) in [6.07, 6.45) is 2.53. The van der Waals surface area contributed by atoms with Gasteiger partial charge >= 0.3 is 0 Å². The third-order valence-corrected chi connectivity index (χ3v) is 4.76. The number of carbonyl (C=O) groups is 2. The van der Waals surface area contributed by atoms with Gasteiger partial charge in [0.25, 0.3) is 0 Å². The predicted octanol–water partition coefficient (Wildman–Crippen LogP) is 0.361. The highest BCUT2D eigenvalue weighted by molar-refractivity contribution is 5.86. The number of likely N-dealkylation sites (tertiary alicyclic amines) is 1. The van der Waals surface area contributed by atoms with Gasteiger partial charge in [0.1, 0.15) is 0 Å². The van der Waals surface area contributed by atoms with E-state index in [1.165, 1.54) is 0 Å². The second-order valence-corrected chi connectivity index (χ2v) is 6.43. The van der Waals surface area contributed by atoms with Crippen LogP contribution in [0, 0.1) is 10.8 Å². The predicted molar refractivity (Wildman–Crippen MR) is 73.6 cm³/mol. The van der Waals surface area contributed by atoms with Crippen LogP contribution in [0.4, 0.5) is 0 Å². The molecule has 0 spiro atoms. The van der Waals surface area contributed by atoms with Crippen molar-refractivity contribution in [1.29, 1.82) is 0 Å². The van der Waals surface area contributed by atoms with Crippen molar-refractivity contribution >= 4 is 11.8 Å². The van der Waals surface area contributed by atoms with E-state index in [0.29, 0.717) is 13.1 Å². The molecule has 0 aromatic carbocycles. The topological polar surface area (TPSA) is 61.4 Å². The first kappa shape index (κ1) is 14.3. The van der Waals surface area contributed by atoms with Crippen LogP contribution in [-0.4, -0.2) is 49.9 Å². The van der Waals surface area contributed by atoms with Gasteiger partial charge in [0, 0.05) is 25.6 Å². The van der Waals surface area contributed by atoms with Gasteiger partial charge in [0.05, 0.1) is 5.41 Å². The maximum Gasteiger partial charge on any atom is 0.228 e. The van der Waals surface area contributed by atoms with Crippen LogP contribution in [0.2, 0.25) is 0 Å². The second-order valence-electron chi connectivity index (χ2n) is 6.43. The van der Waals surface area contributed by atoms with E-state index < -0.39 is 5.41 Å². The molecule has 0 bridgehead atoms. The Labute approximate surface area is 115 Å². The van der Waals surface area contributed by atoms with Gasteiger partial charge in [-0.05, 0) is 39.3 Å². The van der Waals surface area contributed by atoms with Crippen LogP contribution in [-0.2, 0) is 9.59 Å². The van der Waals surface area contributed by atoms with Gasteiger partial charge < -0.3 is 15.5 Å². The maximum atomic E-state index is 12.7. The molecular formula is C14H25N3O2. The molecule has 2 rings (SSSR count). The van der Waals surface area contributed by atoms with Crippen molar-refractivity contribution < 1.29 is 9.59 Å². The Morgan fingerprint density at radius 1 is 1.11 bits per heavy atom. The molecule has 2 aliphatic rings. The van der Waals surface area contributed by atoms with E-state index in [0.717, 1.165) is 32.4 Å². The summed E-state index contributed by atoms with van der Waals surface area (Å²) in [6, 6.07) is 0. The Kier molecular flexibility index (Phi) is 3.85. The van der Waals surface area contributed by atoms with Crippen LogP contribution in [0.15, 0.2) is 0 Å². The molecule has 2 aliphatic heterocycles. The molecular weight excluding hydrogens is 242 g/mol. The third kappa shape index (κ3) is 2.61.